The molecule has 4 aliphatic rings. The van der Waals surface area contributed by atoms with Gasteiger partial charge in [-0.3, -0.25) is 9.79 Å². The number of hydrogen-bond acceptors (Lipinski definition) is 15. The van der Waals surface area contributed by atoms with E-state index in [4.69, 9.17) is 23.7 Å². The van der Waals surface area contributed by atoms with Crippen molar-refractivity contribution in [1.29, 1.82) is 0 Å². The number of aldehydes is 1. The van der Waals surface area contributed by atoms with E-state index >= 15 is 0 Å². The van der Waals surface area contributed by atoms with Gasteiger partial charge in [-0.25, -0.2) is 52.2 Å². The lowest BCUT2D eigenvalue weighted by atomic mass is 9.92. The van der Waals surface area contributed by atoms with E-state index in [2.05, 4.69) is 15.2 Å². The van der Waals surface area contributed by atoms with Gasteiger partial charge in [-0.15, -0.1) is 0 Å². The maximum atomic E-state index is 13.4. The Morgan fingerprint density at radius 1 is 0.600 bits per heavy atom. The minimum Gasteiger partial charge on any atom is -0.374 e. The molecule has 0 saturated carbocycles. The van der Waals surface area contributed by atoms with Crippen molar-refractivity contribution >= 4 is 41.5 Å². The quantitative estimate of drug-likeness (QED) is 0.0664. The van der Waals surface area contributed by atoms with Crippen LogP contribution >= 0.6 is 0 Å². The van der Waals surface area contributed by atoms with Gasteiger partial charge >= 0.3 is 0 Å². The standard InChI is InChI=1S/C19H24F2N2O4S.C19H24N2O5S.C18H21F2NO3S/c1-13-5-4-6-14(9-13)28(24,25)19(2)7-8-27-17(11-19)16-10-15(18(20)21)22-23(16)12-26-3;1-14-5-4-6-16(9-14)27(23,24)19(2)7-8-26-18(11-19)17-10-15(12-22)20-21(17)13-25-3;1-12-4-3-5-14(8-12)25(22,23)18(2)6-7-24-16(10-18)13-9-15(17(19)20)21-11-13/h4-6,9-10,17-18H,7-8,11-12H2,1-3H3;4-6,9-10,12,18H,7-8,11,13H2,1-3H3;3-5,8-9,16-17H,6-7,10-11H2,1-2H3. The normalized spacial score (nSPS) is 24.6. The number of allylic oxidation sites excluding steroid dienone is 1. The molecule has 0 radical (unpaired) electrons. The average Bonchev–Trinajstić information content (AvgIpc) is 4.20. The van der Waals surface area contributed by atoms with Crippen LogP contribution in [0.3, 0.4) is 0 Å². The fraction of sp³-hybridized carbons (Fsp3) is 0.500. The van der Waals surface area contributed by atoms with Crippen LogP contribution in [0.25, 0.3) is 0 Å². The molecule has 3 fully saturated rings. The number of halogens is 4. The van der Waals surface area contributed by atoms with E-state index in [0.717, 1.165) is 16.7 Å². The minimum absolute atomic E-state index is 0.0245. The molecule has 0 bridgehead atoms. The Morgan fingerprint density at radius 3 is 1.38 bits per heavy atom. The molecule has 80 heavy (non-hydrogen) atoms. The SMILES string of the molecule is COCn1nc(C(F)F)cc1C1CC(C)(S(=O)(=O)c2cccc(C)c2)CCO1.COCn1nc(C=O)cc1C1CC(C)(S(=O)(=O)c2cccc(C)c2)CCO1.Cc1cccc(S(=O)(=O)C2(C)CCOC(C3=CC(C(F)F)=NC3)C2)c1. The van der Waals surface area contributed by atoms with Crippen molar-refractivity contribution in [1.82, 2.24) is 19.6 Å². The molecule has 436 valence electrons. The number of sulfone groups is 3. The lowest BCUT2D eigenvalue weighted by Crippen LogP contribution is -2.45. The molecular formula is C56H69F4N5O12S3. The molecule has 6 unspecified atom stereocenters. The second-order valence-electron chi connectivity index (χ2n) is 21.3. The van der Waals surface area contributed by atoms with Gasteiger partial charge in [0.1, 0.15) is 42.8 Å². The van der Waals surface area contributed by atoms with Gasteiger partial charge < -0.3 is 23.7 Å². The Balaban J connectivity index is 0.000000174. The summed E-state index contributed by atoms with van der Waals surface area (Å²) >= 11 is 0. The fourth-order valence-electron chi connectivity index (χ4n) is 10.3. The Bertz CT molecular complexity index is 3430. The van der Waals surface area contributed by atoms with Crippen LogP contribution in [-0.4, -0.2) is 124 Å². The second kappa shape index (κ2) is 25.3. The number of hydrogen-bond donors (Lipinski definition) is 0. The first-order valence-electron chi connectivity index (χ1n) is 25.9. The third-order valence-corrected chi connectivity index (χ3v) is 22.8. The molecule has 4 aliphatic heterocycles. The number of nitrogens with zero attached hydrogens (tertiary/aromatic N) is 5. The predicted molar refractivity (Wildman–Crippen MR) is 290 cm³/mol. The predicted octanol–water partition coefficient (Wildman–Crippen LogP) is 9.86. The highest BCUT2D eigenvalue weighted by Crippen LogP contribution is 2.45. The topological polar surface area (TPSA) is 214 Å². The zero-order valence-corrected chi connectivity index (χ0v) is 48.4. The molecule has 0 N–H and O–H groups in total. The van der Waals surface area contributed by atoms with Gasteiger partial charge in [0.05, 0.1) is 53.0 Å². The monoisotopic (exact) mass is 1180 g/mol. The van der Waals surface area contributed by atoms with Crippen molar-refractivity contribution in [3.8, 4) is 0 Å². The third kappa shape index (κ3) is 13.4. The van der Waals surface area contributed by atoms with E-state index in [9.17, 15) is 47.6 Å². The molecule has 6 heterocycles. The van der Waals surface area contributed by atoms with Gasteiger partial charge in [-0.05, 0) is 157 Å². The summed E-state index contributed by atoms with van der Waals surface area (Å²) in [6.45, 7) is 11.8. The maximum absolute atomic E-state index is 13.4. The van der Waals surface area contributed by atoms with E-state index in [0.29, 0.717) is 58.9 Å². The Hall–Kier alpha value is -5.47. The zero-order chi connectivity index (χ0) is 58.4. The summed E-state index contributed by atoms with van der Waals surface area (Å²) in [7, 11) is -7.82. The van der Waals surface area contributed by atoms with Gasteiger partial charge in [0.2, 0.25) is 0 Å². The largest absolute Gasteiger partial charge is 0.374 e. The van der Waals surface area contributed by atoms with E-state index in [-0.39, 0.29) is 74.5 Å². The summed E-state index contributed by atoms with van der Waals surface area (Å²) in [6.07, 6.45) is -3.27. The van der Waals surface area contributed by atoms with E-state index in [1.165, 1.54) is 31.0 Å². The molecule has 2 aromatic heterocycles. The molecule has 9 rings (SSSR count). The molecule has 0 amide bonds. The highest BCUT2D eigenvalue weighted by Gasteiger charge is 2.48. The van der Waals surface area contributed by atoms with Crippen molar-refractivity contribution in [2.45, 2.75) is 154 Å². The molecule has 3 saturated heterocycles. The maximum Gasteiger partial charge on any atom is 0.282 e. The summed E-state index contributed by atoms with van der Waals surface area (Å²) in [5.74, 6) is 0. The van der Waals surface area contributed by atoms with E-state index < -0.39 is 74.9 Å². The molecule has 17 nitrogen and oxygen atoms in total. The van der Waals surface area contributed by atoms with Crippen LogP contribution in [0.4, 0.5) is 17.6 Å². The number of ether oxygens (including phenoxy) is 5. The molecule has 3 aromatic carbocycles. The van der Waals surface area contributed by atoms with Crippen molar-refractivity contribution in [3.05, 3.63) is 136 Å². The average molecular weight is 1180 g/mol. The lowest BCUT2D eigenvalue weighted by molar-refractivity contribution is -0.00927. The van der Waals surface area contributed by atoms with Gasteiger partial charge in [0, 0.05) is 34.0 Å². The first-order valence-corrected chi connectivity index (χ1v) is 30.3. The van der Waals surface area contributed by atoms with Crippen LogP contribution in [0.15, 0.2) is 116 Å². The fourth-order valence-corrected chi connectivity index (χ4v) is 16.0. The minimum atomic E-state index is -3.65. The van der Waals surface area contributed by atoms with Gasteiger partial charge in [-0.1, -0.05) is 36.4 Å². The number of methoxy groups -OCH3 is 2. The first-order chi connectivity index (χ1) is 37.7. The molecule has 0 spiro atoms. The number of aryl methyl sites for hydroxylation is 3. The Morgan fingerprint density at radius 2 is 1.00 bits per heavy atom. The van der Waals surface area contributed by atoms with Crippen molar-refractivity contribution < 1.29 is 71.3 Å². The summed E-state index contributed by atoms with van der Waals surface area (Å²) < 4.78 is 159. The van der Waals surface area contributed by atoms with Crippen molar-refractivity contribution in [3.63, 3.8) is 0 Å². The van der Waals surface area contributed by atoms with Crippen LogP contribution in [0, 0.1) is 20.8 Å². The smallest absolute Gasteiger partial charge is 0.282 e. The number of alkyl halides is 4. The third-order valence-electron chi connectivity index (χ3n) is 15.1. The molecule has 6 atom stereocenters. The molecule has 24 heteroatoms. The van der Waals surface area contributed by atoms with Gasteiger partial charge in [0.25, 0.3) is 12.9 Å². The van der Waals surface area contributed by atoms with Crippen LogP contribution < -0.4 is 0 Å². The Labute approximate surface area is 465 Å². The molecular weight excluding hydrogens is 1110 g/mol. The summed E-state index contributed by atoms with van der Waals surface area (Å²) in [6, 6.07) is 23.5. The Kier molecular flexibility index (Phi) is 19.7. The summed E-state index contributed by atoms with van der Waals surface area (Å²) in [5, 5.41) is 8.03. The van der Waals surface area contributed by atoms with E-state index in [1.807, 2.05) is 39.0 Å². The number of aromatic nitrogens is 4. The van der Waals surface area contributed by atoms with Crippen LogP contribution in [0.2, 0.25) is 0 Å². The van der Waals surface area contributed by atoms with E-state index in [1.54, 1.807) is 86.1 Å². The number of carbonyl (C=O) groups excluding carboxylic acids is 1. The number of benzene rings is 3. The summed E-state index contributed by atoms with van der Waals surface area (Å²) in [5.41, 5.74) is 3.91. The lowest BCUT2D eigenvalue weighted by Gasteiger charge is -2.38. The number of rotatable bonds is 16. The molecule has 5 aromatic rings. The number of carbonyl (C=O) groups is 1. The van der Waals surface area contributed by atoms with Crippen LogP contribution in [-0.2, 0) is 66.7 Å². The summed E-state index contributed by atoms with van der Waals surface area (Å²) in [4.78, 5) is 15.8. The zero-order valence-electron chi connectivity index (χ0n) is 46.0. The van der Waals surface area contributed by atoms with Crippen LogP contribution in [0.5, 0.6) is 0 Å². The van der Waals surface area contributed by atoms with Crippen LogP contribution in [0.1, 0.15) is 122 Å². The first kappa shape index (κ1) is 62.1. The highest BCUT2D eigenvalue weighted by atomic mass is 32.2. The van der Waals surface area contributed by atoms with Gasteiger partial charge in [-0.2, -0.15) is 10.2 Å². The number of aliphatic imine (C=N–C) groups is 1. The molecule has 0 aliphatic carbocycles. The van der Waals surface area contributed by atoms with Crippen molar-refractivity contribution in [2.75, 3.05) is 40.6 Å². The van der Waals surface area contributed by atoms with Crippen molar-refractivity contribution in [2.24, 2.45) is 4.99 Å². The second-order valence-corrected chi connectivity index (χ2v) is 28.6. The highest BCUT2D eigenvalue weighted by molar-refractivity contribution is 7.93. The van der Waals surface area contributed by atoms with Gasteiger partial charge in [0.15, 0.2) is 35.8 Å².